The van der Waals surface area contributed by atoms with Gasteiger partial charge in [-0.2, -0.15) is 0 Å². The maximum atomic E-state index is 11.5. The van der Waals surface area contributed by atoms with Crippen LogP contribution in [-0.2, 0) is 23.1 Å². The average molecular weight is 341 g/mol. The highest BCUT2D eigenvalue weighted by atomic mass is 31.2. The first kappa shape index (κ1) is 21.5. The number of carboxylic acids is 1. The summed E-state index contributed by atoms with van der Waals surface area (Å²) in [7, 11) is -2.30. The van der Waals surface area contributed by atoms with Gasteiger partial charge in [0.1, 0.15) is 0 Å². The lowest BCUT2D eigenvalue weighted by Crippen LogP contribution is -2.18. The van der Waals surface area contributed by atoms with Gasteiger partial charge in [-0.05, 0) is 26.8 Å². The van der Waals surface area contributed by atoms with Gasteiger partial charge in [0.05, 0.1) is 19.3 Å². The number of carboxylic acid groups (broad SMARTS) is 1. The van der Waals surface area contributed by atoms with Crippen molar-refractivity contribution in [3.8, 4) is 0 Å². The van der Waals surface area contributed by atoms with Crippen molar-refractivity contribution in [2.75, 3.05) is 33.4 Å². The van der Waals surface area contributed by atoms with Crippen molar-refractivity contribution < 1.29 is 33.1 Å². The third-order valence-electron chi connectivity index (χ3n) is 2.77. The van der Waals surface area contributed by atoms with Gasteiger partial charge in [-0.1, -0.05) is 12.8 Å². The van der Waals surface area contributed by atoms with Crippen LogP contribution in [0.1, 0.15) is 39.0 Å². The van der Waals surface area contributed by atoms with Crippen LogP contribution in [0.25, 0.3) is 0 Å². The van der Waals surface area contributed by atoms with E-state index in [1.807, 2.05) is 0 Å². The molecule has 0 radical (unpaired) electrons. The second kappa shape index (κ2) is 13.0. The van der Waals surface area contributed by atoms with Gasteiger partial charge in [-0.3, -0.25) is 13.8 Å². The number of hydrogen-bond donors (Lipinski definition) is 3. The highest BCUT2D eigenvalue weighted by Crippen LogP contribution is 2.42. The number of hydrogen-bond acceptors (Lipinski definition) is 6. The molecule has 9 heteroatoms. The summed E-state index contributed by atoms with van der Waals surface area (Å²) in [5.41, 5.74) is 0. The number of phosphoric acid groups is 1. The van der Waals surface area contributed by atoms with E-state index in [-0.39, 0.29) is 25.7 Å². The fourth-order valence-electron chi connectivity index (χ4n) is 1.56. The summed E-state index contributed by atoms with van der Waals surface area (Å²) in [5.74, 6) is -0.771. The van der Waals surface area contributed by atoms with E-state index in [2.05, 4.69) is 5.32 Å². The standard InChI is InChI=1S/C13H28NO7P/c1-12(11-21-22(17,18)20-10-8-14-2)19-9-6-4-3-5-7-13(15)16/h12,14H,3-11H2,1-2H3,(H,15,16)(H,17,18). The third-order valence-corrected chi connectivity index (χ3v) is 3.75. The Kier molecular flexibility index (Phi) is 12.7. The van der Waals surface area contributed by atoms with E-state index in [1.165, 1.54) is 0 Å². The zero-order chi connectivity index (χ0) is 16.8. The summed E-state index contributed by atoms with van der Waals surface area (Å²) in [6.07, 6.45) is 3.13. The summed E-state index contributed by atoms with van der Waals surface area (Å²) in [6, 6.07) is 0. The third kappa shape index (κ3) is 14.4. The molecule has 0 fully saturated rings. The first-order chi connectivity index (χ1) is 10.4. The van der Waals surface area contributed by atoms with E-state index in [0.29, 0.717) is 19.6 Å². The molecule has 0 amide bonds. The minimum Gasteiger partial charge on any atom is -0.481 e. The van der Waals surface area contributed by atoms with E-state index in [9.17, 15) is 14.3 Å². The normalized spacial score (nSPS) is 15.4. The molecule has 2 unspecified atom stereocenters. The van der Waals surface area contributed by atoms with Crippen LogP contribution in [0.4, 0.5) is 0 Å². The maximum Gasteiger partial charge on any atom is 0.472 e. The second-order valence-corrected chi connectivity index (χ2v) is 6.39. The van der Waals surface area contributed by atoms with E-state index >= 15 is 0 Å². The van der Waals surface area contributed by atoms with Crippen molar-refractivity contribution in [2.45, 2.75) is 45.1 Å². The number of carbonyl (C=O) groups is 1. The van der Waals surface area contributed by atoms with Gasteiger partial charge in [0, 0.05) is 19.6 Å². The molecular weight excluding hydrogens is 313 g/mol. The van der Waals surface area contributed by atoms with Gasteiger partial charge in [-0.25, -0.2) is 4.57 Å². The molecule has 3 N–H and O–H groups in total. The minimum atomic E-state index is -4.02. The van der Waals surface area contributed by atoms with Gasteiger partial charge >= 0.3 is 13.8 Å². The molecule has 0 aliphatic rings. The lowest BCUT2D eigenvalue weighted by Gasteiger charge is -2.16. The van der Waals surface area contributed by atoms with Crippen LogP contribution in [0.2, 0.25) is 0 Å². The molecule has 0 bridgehead atoms. The second-order valence-electron chi connectivity index (χ2n) is 4.94. The van der Waals surface area contributed by atoms with E-state index < -0.39 is 13.8 Å². The summed E-state index contributed by atoms with van der Waals surface area (Å²) < 4.78 is 26.5. The average Bonchev–Trinajstić information content (AvgIpc) is 2.44. The number of ether oxygens (including phenoxy) is 1. The number of nitrogens with one attached hydrogen (secondary N) is 1. The first-order valence-electron chi connectivity index (χ1n) is 7.47. The van der Waals surface area contributed by atoms with Crippen LogP contribution in [-0.4, -0.2) is 55.5 Å². The lowest BCUT2D eigenvalue weighted by atomic mass is 10.1. The summed E-state index contributed by atoms with van der Waals surface area (Å²) in [6.45, 7) is 2.79. The van der Waals surface area contributed by atoms with Crippen LogP contribution in [0.3, 0.4) is 0 Å². The number of aliphatic carboxylic acids is 1. The Hall–Kier alpha value is -0.500. The van der Waals surface area contributed by atoms with Crippen molar-refractivity contribution in [1.82, 2.24) is 5.32 Å². The highest BCUT2D eigenvalue weighted by Gasteiger charge is 2.21. The van der Waals surface area contributed by atoms with Crippen molar-refractivity contribution in [2.24, 2.45) is 0 Å². The Balaban J connectivity index is 3.54. The van der Waals surface area contributed by atoms with Crippen molar-refractivity contribution in [1.29, 1.82) is 0 Å². The summed E-state index contributed by atoms with van der Waals surface area (Å²) >= 11 is 0. The zero-order valence-electron chi connectivity index (χ0n) is 13.3. The van der Waals surface area contributed by atoms with Crippen LogP contribution in [0.5, 0.6) is 0 Å². The van der Waals surface area contributed by atoms with E-state index in [1.54, 1.807) is 14.0 Å². The largest absolute Gasteiger partial charge is 0.481 e. The Morgan fingerprint density at radius 3 is 2.50 bits per heavy atom. The molecule has 8 nitrogen and oxygen atoms in total. The Labute approximate surface area is 131 Å². The molecule has 0 rings (SSSR count). The summed E-state index contributed by atoms with van der Waals surface area (Å²) in [4.78, 5) is 19.7. The highest BCUT2D eigenvalue weighted by molar-refractivity contribution is 7.47. The van der Waals surface area contributed by atoms with E-state index in [0.717, 1.165) is 19.3 Å². The Morgan fingerprint density at radius 2 is 1.86 bits per heavy atom. The van der Waals surface area contributed by atoms with E-state index in [4.69, 9.17) is 18.9 Å². The first-order valence-corrected chi connectivity index (χ1v) is 8.97. The fraction of sp³-hybridized carbons (Fsp3) is 0.923. The molecule has 0 saturated heterocycles. The van der Waals surface area contributed by atoms with Gasteiger partial charge in [0.2, 0.25) is 0 Å². The fourth-order valence-corrected chi connectivity index (χ4v) is 2.36. The molecular formula is C13H28NO7P. The van der Waals surface area contributed by atoms with Gasteiger partial charge in [0.25, 0.3) is 0 Å². The van der Waals surface area contributed by atoms with Gasteiger partial charge in [0.15, 0.2) is 0 Å². The van der Waals surface area contributed by atoms with Crippen LogP contribution in [0, 0.1) is 0 Å². The van der Waals surface area contributed by atoms with Crippen molar-refractivity contribution in [3.05, 3.63) is 0 Å². The molecule has 0 aliphatic heterocycles. The molecule has 0 aromatic heterocycles. The van der Waals surface area contributed by atoms with Crippen molar-refractivity contribution in [3.63, 3.8) is 0 Å². The number of rotatable bonds is 15. The zero-order valence-corrected chi connectivity index (χ0v) is 14.2. The monoisotopic (exact) mass is 341 g/mol. The smallest absolute Gasteiger partial charge is 0.472 e. The van der Waals surface area contributed by atoms with Gasteiger partial charge in [-0.15, -0.1) is 0 Å². The number of unbranched alkanes of at least 4 members (excludes halogenated alkanes) is 3. The van der Waals surface area contributed by atoms with Crippen LogP contribution in [0.15, 0.2) is 0 Å². The quantitative estimate of drug-likeness (QED) is 0.305. The predicted molar refractivity (Wildman–Crippen MR) is 81.8 cm³/mol. The molecule has 0 heterocycles. The number of phosphoric ester groups is 1. The topological polar surface area (TPSA) is 114 Å². The molecule has 132 valence electrons. The van der Waals surface area contributed by atoms with Crippen LogP contribution < -0.4 is 5.32 Å². The molecule has 0 spiro atoms. The summed E-state index contributed by atoms with van der Waals surface area (Å²) in [5, 5.41) is 11.3. The molecule has 0 saturated carbocycles. The number of likely N-dealkylation sites (N-methyl/N-ethyl adjacent to an activating group) is 1. The van der Waals surface area contributed by atoms with Crippen LogP contribution >= 0.6 is 7.82 Å². The molecule has 0 aliphatic carbocycles. The molecule has 0 aromatic rings. The lowest BCUT2D eigenvalue weighted by molar-refractivity contribution is -0.137. The Morgan fingerprint density at radius 1 is 1.18 bits per heavy atom. The molecule has 22 heavy (non-hydrogen) atoms. The maximum absolute atomic E-state index is 11.5. The predicted octanol–water partition coefficient (Wildman–Crippen LogP) is 1.78. The SMILES string of the molecule is CNCCOP(=O)(O)OCC(C)OCCCCCCC(=O)O. The molecule has 0 aromatic carbocycles. The van der Waals surface area contributed by atoms with Gasteiger partial charge < -0.3 is 20.1 Å². The Bertz CT molecular complexity index is 340. The molecule has 2 atom stereocenters. The minimum absolute atomic E-state index is 0.0215. The van der Waals surface area contributed by atoms with Crippen molar-refractivity contribution >= 4 is 13.8 Å².